The van der Waals surface area contributed by atoms with E-state index in [9.17, 15) is 13.2 Å². The lowest BCUT2D eigenvalue weighted by Crippen LogP contribution is -2.13. The molecule has 1 heterocycles. The van der Waals surface area contributed by atoms with E-state index in [-0.39, 0.29) is 18.1 Å². The third-order valence-corrected chi connectivity index (χ3v) is 3.86. The molecule has 0 aliphatic carbocycles. The Kier molecular flexibility index (Phi) is 4.56. The van der Waals surface area contributed by atoms with Gasteiger partial charge in [-0.1, -0.05) is 6.07 Å². The van der Waals surface area contributed by atoms with Crippen LogP contribution in [0.15, 0.2) is 29.6 Å². The van der Waals surface area contributed by atoms with Crippen LogP contribution in [0.2, 0.25) is 0 Å². The molecule has 0 bridgehead atoms. The molecule has 0 atom stereocenters. The molecule has 0 aliphatic heterocycles. The molecule has 0 unspecified atom stereocenters. The summed E-state index contributed by atoms with van der Waals surface area (Å²) in [4.78, 5) is 16.1. The fraction of sp³-hybridized carbons (Fsp3) is 0.167. The molecule has 1 amide bonds. The molecule has 1 aromatic carbocycles. The topological polar surface area (TPSA) is 114 Å². The van der Waals surface area contributed by atoms with Crippen LogP contribution >= 0.6 is 11.3 Å². The third-order valence-electron chi connectivity index (χ3n) is 2.38. The highest BCUT2D eigenvalue weighted by atomic mass is 32.2. The van der Waals surface area contributed by atoms with Crippen LogP contribution in [-0.4, -0.2) is 25.6 Å². The molecule has 0 saturated heterocycles. The largest absolute Gasteiger partial charge is 0.325 e. The summed E-state index contributed by atoms with van der Waals surface area (Å²) in [6.07, 6.45) is 1.06. The normalized spacial score (nSPS) is 11.1. The first kappa shape index (κ1) is 15.4. The van der Waals surface area contributed by atoms with Gasteiger partial charge in [0.05, 0.1) is 11.9 Å². The van der Waals surface area contributed by atoms with Crippen LogP contribution in [0, 0.1) is 0 Å². The van der Waals surface area contributed by atoms with Crippen molar-refractivity contribution in [2.24, 2.45) is 5.73 Å². The highest BCUT2D eigenvalue weighted by Crippen LogP contribution is 2.17. The average molecular weight is 326 g/mol. The Morgan fingerprint density at radius 3 is 2.71 bits per heavy atom. The molecule has 4 N–H and O–H groups in total. The maximum absolute atomic E-state index is 12.0. The number of hydrogen-bond acceptors (Lipinski definition) is 6. The lowest BCUT2D eigenvalue weighted by Gasteiger charge is -2.07. The first-order valence-electron chi connectivity index (χ1n) is 5.91. The van der Waals surface area contributed by atoms with Crippen molar-refractivity contribution in [3.8, 4) is 0 Å². The first-order chi connectivity index (χ1) is 9.87. The summed E-state index contributed by atoms with van der Waals surface area (Å²) in [6, 6.07) is 6.40. The predicted octanol–water partition coefficient (Wildman–Crippen LogP) is 1.23. The molecule has 1 aromatic heterocycles. The SMILES string of the molecule is CS(=O)(=O)Nc1cccc(NC(=O)c2csc(CN)n2)c1. The van der Waals surface area contributed by atoms with E-state index < -0.39 is 10.0 Å². The molecular formula is C12H14N4O3S2. The number of nitrogens with zero attached hydrogens (tertiary/aromatic N) is 1. The first-order valence-corrected chi connectivity index (χ1v) is 8.68. The van der Waals surface area contributed by atoms with Gasteiger partial charge in [-0.3, -0.25) is 9.52 Å². The highest BCUT2D eigenvalue weighted by molar-refractivity contribution is 7.92. The van der Waals surface area contributed by atoms with Crippen LogP contribution in [0.25, 0.3) is 0 Å². The van der Waals surface area contributed by atoms with Crippen molar-refractivity contribution in [3.05, 3.63) is 40.3 Å². The molecule has 7 nitrogen and oxygen atoms in total. The molecule has 112 valence electrons. The van der Waals surface area contributed by atoms with E-state index in [0.717, 1.165) is 6.26 Å². The zero-order valence-electron chi connectivity index (χ0n) is 11.2. The highest BCUT2D eigenvalue weighted by Gasteiger charge is 2.11. The minimum absolute atomic E-state index is 0.280. The Balaban J connectivity index is 2.12. The third kappa shape index (κ3) is 4.52. The molecule has 0 saturated carbocycles. The monoisotopic (exact) mass is 326 g/mol. The number of benzene rings is 1. The van der Waals surface area contributed by atoms with Crippen LogP contribution in [0.3, 0.4) is 0 Å². The molecule has 2 aromatic rings. The summed E-state index contributed by atoms with van der Waals surface area (Å²) >= 11 is 1.31. The minimum atomic E-state index is -3.36. The Hall–Kier alpha value is -1.97. The smallest absolute Gasteiger partial charge is 0.275 e. The van der Waals surface area contributed by atoms with Gasteiger partial charge in [-0.05, 0) is 18.2 Å². The van der Waals surface area contributed by atoms with Gasteiger partial charge in [-0.15, -0.1) is 11.3 Å². The second-order valence-corrected chi connectivity index (χ2v) is 6.93. The zero-order valence-corrected chi connectivity index (χ0v) is 12.8. The number of carbonyl (C=O) groups is 1. The van der Waals surface area contributed by atoms with Crippen molar-refractivity contribution in [3.63, 3.8) is 0 Å². The number of hydrogen-bond donors (Lipinski definition) is 3. The summed E-state index contributed by atoms with van der Waals surface area (Å²) in [5, 5.41) is 4.95. The molecule has 21 heavy (non-hydrogen) atoms. The van der Waals surface area contributed by atoms with Gasteiger partial charge in [-0.25, -0.2) is 13.4 Å². The van der Waals surface area contributed by atoms with E-state index >= 15 is 0 Å². The van der Waals surface area contributed by atoms with Crippen molar-refractivity contribution in [1.29, 1.82) is 0 Å². The number of rotatable bonds is 5. The predicted molar refractivity (Wildman–Crippen MR) is 82.9 cm³/mol. The van der Waals surface area contributed by atoms with Gasteiger partial charge in [0.15, 0.2) is 0 Å². The zero-order chi connectivity index (χ0) is 15.5. The van der Waals surface area contributed by atoms with Crippen LogP contribution < -0.4 is 15.8 Å². The lowest BCUT2D eigenvalue weighted by atomic mass is 10.3. The van der Waals surface area contributed by atoms with E-state index in [1.165, 1.54) is 17.4 Å². The van der Waals surface area contributed by atoms with E-state index in [2.05, 4.69) is 15.0 Å². The quantitative estimate of drug-likeness (QED) is 0.764. The van der Waals surface area contributed by atoms with Crippen LogP contribution in [-0.2, 0) is 16.6 Å². The van der Waals surface area contributed by atoms with Crippen molar-refractivity contribution in [1.82, 2.24) is 4.98 Å². The maximum atomic E-state index is 12.0. The molecule has 0 radical (unpaired) electrons. The number of sulfonamides is 1. The molecule has 2 rings (SSSR count). The van der Waals surface area contributed by atoms with Gasteiger partial charge in [0, 0.05) is 17.6 Å². The molecule has 0 fully saturated rings. The van der Waals surface area contributed by atoms with Gasteiger partial charge >= 0.3 is 0 Å². The van der Waals surface area contributed by atoms with Crippen molar-refractivity contribution in [2.75, 3.05) is 16.3 Å². The Bertz CT molecular complexity index is 755. The Morgan fingerprint density at radius 1 is 1.38 bits per heavy atom. The number of nitrogens with two attached hydrogens (primary N) is 1. The standard InChI is InChI=1S/C12H14N4O3S2/c1-21(18,19)16-9-4-2-3-8(5-9)14-12(17)10-7-20-11(6-13)15-10/h2-5,7,16H,6,13H2,1H3,(H,14,17). The summed E-state index contributed by atoms with van der Waals surface area (Å²) in [6.45, 7) is 0.283. The Morgan fingerprint density at radius 2 is 2.10 bits per heavy atom. The van der Waals surface area contributed by atoms with E-state index in [1.54, 1.807) is 23.6 Å². The van der Waals surface area contributed by atoms with Crippen molar-refractivity contribution >= 4 is 38.6 Å². The average Bonchev–Trinajstić information content (AvgIpc) is 2.85. The fourth-order valence-electron chi connectivity index (χ4n) is 1.58. The van der Waals surface area contributed by atoms with Crippen molar-refractivity contribution in [2.45, 2.75) is 6.54 Å². The fourth-order valence-corrected chi connectivity index (χ4v) is 2.79. The number of nitrogens with one attached hydrogen (secondary N) is 2. The summed E-state index contributed by atoms with van der Waals surface area (Å²) < 4.78 is 24.7. The summed E-state index contributed by atoms with van der Waals surface area (Å²) in [5.74, 6) is -0.373. The molecule has 0 aliphatic rings. The van der Waals surface area contributed by atoms with Crippen LogP contribution in [0.1, 0.15) is 15.5 Å². The lowest BCUT2D eigenvalue weighted by molar-refractivity contribution is 0.102. The summed E-state index contributed by atoms with van der Waals surface area (Å²) in [5.41, 5.74) is 6.57. The van der Waals surface area contributed by atoms with E-state index in [4.69, 9.17) is 5.73 Å². The number of amides is 1. The second kappa shape index (κ2) is 6.20. The molecule has 0 spiro atoms. The maximum Gasteiger partial charge on any atom is 0.275 e. The van der Waals surface area contributed by atoms with Gasteiger partial charge in [0.25, 0.3) is 5.91 Å². The molecule has 9 heteroatoms. The number of thiazole rings is 1. The molecular weight excluding hydrogens is 312 g/mol. The number of carbonyl (C=O) groups excluding carboxylic acids is 1. The van der Waals surface area contributed by atoms with Crippen LogP contribution in [0.5, 0.6) is 0 Å². The van der Waals surface area contributed by atoms with Crippen LogP contribution in [0.4, 0.5) is 11.4 Å². The van der Waals surface area contributed by atoms with E-state index in [0.29, 0.717) is 16.4 Å². The number of anilines is 2. The number of aromatic nitrogens is 1. The van der Waals surface area contributed by atoms with Crippen molar-refractivity contribution < 1.29 is 13.2 Å². The second-order valence-electron chi connectivity index (χ2n) is 4.24. The van der Waals surface area contributed by atoms with Gasteiger partial charge in [0.1, 0.15) is 10.7 Å². The van der Waals surface area contributed by atoms with Gasteiger partial charge in [-0.2, -0.15) is 0 Å². The van der Waals surface area contributed by atoms with E-state index in [1.807, 2.05) is 0 Å². The summed E-state index contributed by atoms with van der Waals surface area (Å²) in [7, 11) is -3.36. The van der Waals surface area contributed by atoms with Gasteiger partial charge in [0.2, 0.25) is 10.0 Å². The minimum Gasteiger partial charge on any atom is -0.325 e. The Labute approximate surface area is 126 Å². The van der Waals surface area contributed by atoms with Gasteiger partial charge < -0.3 is 11.1 Å².